The van der Waals surface area contributed by atoms with Gasteiger partial charge in [-0.2, -0.15) is 13.2 Å². The Morgan fingerprint density at radius 1 is 1.25 bits per heavy atom. The molecule has 0 fully saturated rings. The Labute approximate surface area is 95.3 Å². The molecule has 0 spiro atoms. The quantitative estimate of drug-likeness (QED) is 0.759. The third-order valence-electron chi connectivity index (χ3n) is 1.82. The average molecular weight is 246 g/mol. The number of carbonyl (C=O) groups is 1. The molecule has 0 saturated carbocycles. The summed E-state index contributed by atoms with van der Waals surface area (Å²) in [6, 6.07) is 8.49. The fraction of sp³-hybridized carbons (Fsp3) is 0.182. The molecule has 86 valence electrons. The Hall–Kier alpha value is -1.23. The fourth-order valence-corrected chi connectivity index (χ4v) is 1.66. The first-order chi connectivity index (χ1) is 7.45. The van der Waals surface area contributed by atoms with Crippen molar-refractivity contribution in [3.8, 4) is 0 Å². The molecule has 0 aromatic heterocycles. The molecule has 0 amide bonds. The number of allylic oxidation sites excluding steroid dienone is 1. The third-order valence-corrected chi connectivity index (χ3v) is 2.61. The Morgan fingerprint density at radius 3 is 2.25 bits per heavy atom. The predicted molar refractivity (Wildman–Crippen MR) is 59.0 cm³/mol. The van der Waals surface area contributed by atoms with Crippen molar-refractivity contribution >= 4 is 22.5 Å². The molecule has 0 N–H and O–H groups in total. The molecule has 1 rings (SSSR count). The summed E-state index contributed by atoms with van der Waals surface area (Å²) < 4.78 is 36.2. The van der Waals surface area contributed by atoms with Gasteiger partial charge < -0.3 is 0 Å². The van der Waals surface area contributed by atoms with Gasteiger partial charge in [-0.1, -0.05) is 30.3 Å². The number of alkyl halides is 3. The van der Waals surface area contributed by atoms with Crippen molar-refractivity contribution in [1.82, 2.24) is 0 Å². The number of rotatable bonds is 3. The second kappa shape index (κ2) is 5.21. The summed E-state index contributed by atoms with van der Waals surface area (Å²) in [6.45, 7) is 0. The van der Waals surface area contributed by atoms with E-state index in [9.17, 15) is 18.0 Å². The zero-order valence-corrected chi connectivity index (χ0v) is 9.23. The van der Waals surface area contributed by atoms with Crippen molar-refractivity contribution in [2.24, 2.45) is 0 Å². The molecule has 0 aliphatic rings. The van der Waals surface area contributed by atoms with Crippen molar-refractivity contribution in [2.45, 2.75) is 6.18 Å². The summed E-state index contributed by atoms with van der Waals surface area (Å²) >= 11 is 1.11. The van der Waals surface area contributed by atoms with Crippen LogP contribution in [0.3, 0.4) is 0 Å². The monoisotopic (exact) mass is 246 g/mol. The molecule has 1 aromatic rings. The van der Waals surface area contributed by atoms with E-state index in [4.69, 9.17) is 0 Å². The summed E-state index contributed by atoms with van der Waals surface area (Å²) in [5.74, 6) is -1.83. The lowest BCUT2D eigenvalue weighted by Gasteiger charge is -2.05. The predicted octanol–water partition coefficient (Wildman–Crippen LogP) is 3.52. The first kappa shape index (κ1) is 12.8. The fourth-order valence-electron chi connectivity index (χ4n) is 1.06. The lowest BCUT2D eigenvalue weighted by molar-refractivity contribution is -0.165. The molecule has 16 heavy (non-hydrogen) atoms. The zero-order chi connectivity index (χ0) is 12.2. The average Bonchev–Trinajstić information content (AvgIpc) is 2.25. The highest BCUT2D eigenvalue weighted by Gasteiger charge is 2.36. The van der Waals surface area contributed by atoms with Gasteiger partial charge in [-0.05, 0) is 11.8 Å². The number of ketones is 1. The topological polar surface area (TPSA) is 17.1 Å². The Balaban J connectivity index is 3.00. The van der Waals surface area contributed by atoms with Crippen LogP contribution in [0, 0.1) is 0 Å². The maximum Gasteiger partial charge on any atom is 0.454 e. The van der Waals surface area contributed by atoms with Crippen LogP contribution in [0.2, 0.25) is 0 Å². The molecule has 5 heteroatoms. The lowest BCUT2D eigenvalue weighted by atomic mass is 10.2. The van der Waals surface area contributed by atoms with E-state index < -0.39 is 12.0 Å². The summed E-state index contributed by atoms with van der Waals surface area (Å²) in [6.07, 6.45) is -2.56. The molecule has 1 aromatic carbocycles. The van der Waals surface area contributed by atoms with Crippen molar-refractivity contribution in [3.63, 3.8) is 0 Å². The molecule has 0 atom stereocenters. The van der Waals surface area contributed by atoms with Crippen LogP contribution in [-0.2, 0) is 4.79 Å². The number of halogens is 3. The SMILES string of the molecule is CS/C(=C\C(=O)C(F)(F)F)c1ccccc1. The minimum atomic E-state index is -4.81. The van der Waals surface area contributed by atoms with Gasteiger partial charge in [0.05, 0.1) is 0 Å². The van der Waals surface area contributed by atoms with Crippen LogP contribution < -0.4 is 0 Å². The van der Waals surface area contributed by atoms with Crippen molar-refractivity contribution in [3.05, 3.63) is 42.0 Å². The van der Waals surface area contributed by atoms with Crippen LogP contribution in [0.25, 0.3) is 4.91 Å². The molecule has 0 bridgehead atoms. The van der Waals surface area contributed by atoms with E-state index in [0.717, 1.165) is 11.8 Å². The first-order valence-corrected chi connectivity index (χ1v) is 5.60. The van der Waals surface area contributed by atoms with Crippen molar-refractivity contribution in [2.75, 3.05) is 6.26 Å². The second-order valence-electron chi connectivity index (χ2n) is 2.94. The van der Waals surface area contributed by atoms with Crippen LogP contribution in [-0.4, -0.2) is 18.2 Å². The maximum absolute atomic E-state index is 12.1. The minimum Gasteiger partial charge on any atom is -0.285 e. The first-order valence-electron chi connectivity index (χ1n) is 4.37. The van der Waals surface area contributed by atoms with Crippen LogP contribution in [0.15, 0.2) is 36.4 Å². The van der Waals surface area contributed by atoms with Gasteiger partial charge in [0, 0.05) is 11.0 Å². The molecule has 1 nitrogen and oxygen atoms in total. The number of benzene rings is 1. The highest BCUT2D eigenvalue weighted by molar-refractivity contribution is 8.07. The molecule has 0 aliphatic carbocycles. The van der Waals surface area contributed by atoms with Gasteiger partial charge in [0.25, 0.3) is 5.78 Å². The van der Waals surface area contributed by atoms with Gasteiger partial charge in [0.15, 0.2) is 0 Å². The molecule has 0 saturated heterocycles. The van der Waals surface area contributed by atoms with E-state index >= 15 is 0 Å². The molecular weight excluding hydrogens is 237 g/mol. The number of carbonyl (C=O) groups excluding carboxylic acids is 1. The van der Waals surface area contributed by atoms with E-state index in [0.29, 0.717) is 16.5 Å². The van der Waals surface area contributed by atoms with Gasteiger partial charge >= 0.3 is 6.18 Å². The Kier molecular flexibility index (Phi) is 4.18. The molecule has 0 aliphatic heterocycles. The Bertz CT molecular complexity index is 395. The minimum absolute atomic E-state index is 0.308. The molecule has 0 heterocycles. The zero-order valence-electron chi connectivity index (χ0n) is 8.41. The molecular formula is C11H9F3OS. The molecule has 0 unspecified atom stereocenters. The van der Waals surface area contributed by atoms with E-state index in [1.165, 1.54) is 0 Å². The number of hydrogen-bond acceptors (Lipinski definition) is 2. The normalized spacial score (nSPS) is 12.6. The largest absolute Gasteiger partial charge is 0.454 e. The molecule has 0 radical (unpaired) electrons. The smallest absolute Gasteiger partial charge is 0.285 e. The van der Waals surface area contributed by atoms with E-state index in [1.807, 2.05) is 0 Å². The Morgan fingerprint density at radius 2 is 1.81 bits per heavy atom. The van der Waals surface area contributed by atoms with Crippen LogP contribution in [0.4, 0.5) is 13.2 Å². The van der Waals surface area contributed by atoms with Gasteiger partial charge in [-0.15, -0.1) is 11.8 Å². The summed E-state index contributed by atoms with van der Waals surface area (Å²) in [5, 5.41) is 0. The van der Waals surface area contributed by atoms with Crippen LogP contribution in [0.1, 0.15) is 5.56 Å². The number of hydrogen-bond donors (Lipinski definition) is 0. The van der Waals surface area contributed by atoms with Crippen LogP contribution in [0.5, 0.6) is 0 Å². The van der Waals surface area contributed by atoms with Gasteiger partial charge in [-0.25, -0.2) is 0 Å². The second-order valence-corrected chi connectivity index (χ2v) is 3.79. The van der Waals surface area contributed by atoms with Gasteiger partial charge in [0.2, 0.25) is 0 Å². The van der Waals surface area contributed by atoms with E-state index in [2.05, 4.69) is 0 Å². The van der Waals surface area contributed by atoms with E-state index in [-0.39, 0.29) is 0 Å². The van der Waals surface area contributed by atoms with Crippen molar-refractivity contribution < 1.29 is 18.0 Å². The van der Waals surface area contributed by atoms with Crippen LogP contribution >= 0.6 is 11.8 Å². The summed E-state index contributed by atoms with van der Waals surface area (Å²) in [4.78, 5) is 11.1. The van der Waals surface area contributed by atoms with Gasteiger partial charge in [0.1, 0.15) is 0 Å². The van der Waals surface area contributed by atoms with Gasteiger partial charge in [-0.3, -0.25) is 4.79 Å². The third kappa shape index (κ3) is 3.41. The number of thioether (sulfide) groups is 1. The standard InChI is InChI=1S/C11H9F3OS/c1-16-9(7-10(15)11(12,13)14)8-5-3-2-4-6-8/h2-7H,1H3/b9-7-. The maximum atomic E-state index is 12.1. The van der Waals surface area contributed by atoms with Crippen molar-refractivity contribution in [1.29, 1.82) is 0 Å². The summed E-state index contributed by atoms with van der Waals surface area (Å²) in [7, 11) is 0. The highest BCUT2D eigenvalue weighted by atomic mass is 32.2. The highest BCUT2D eigenvalue weighted by Crippen LogP contribution is 2.27. The lowest BCUT2D eigenvalue weighted by Crippen LogP contribution is -2.20. The van der Waals surface area contributed by atoms with E-state index in [1.54, 1.807) is 36.6 Å². The summed E-state index contributed by atoms with van der Waals surface area (Å²) in [5.41, 5.74) is 0.604.